The molecule has 0 heterocycles. The van der Waals surface area contributed by atoms with Gasteiger partial charge in [0.05, 0.1) is 0 Å². The molecule has 0 aromatic rings. The standard InChI is InChI=1S/C16H25NO3/c1-17(14(18)3-2-4-15(19)20)16-12-6-10-5-11(8-12)9-13(16)7-10/h10-13,16H,2-9H2,1H3,(H,19,20). The fourth-order valence-corrected chi connectivity index (χ4v) is 5.26. The molecule has 0 saturated heterocycles. The third-order valence-electron chi connectivity index (χ3n) is 5.80. The largest absolute Gasteiger partial charge is 0.481 e. The van der Waals surface area contributed by atoms with Crippen molar-refractivity contribution in [2.45, 2.75) is 57.4 Å². The first kappa shape index (κ1) is 13.9. The average molecular weight is 279 g/mol. The molecule has 20 heavy (non-hydrogen) atoms. The van der Waals surface area contributed by atoms with Crippen molar-refractivity contribution in [3.05, 3.63) is 0 Å². The van der Waals surface area contributed by atoms with Gasteiger partial charge in [-0.25, -0.2) is 0 Å². The van der Waals surface area contributed by atoms with E-state index in [0.29, 0.717) is 30.7 Å². The summed E-state index contributed by atoms with van der Waals surface area (Å²) in [5, 5.41) is 8.65. The lowest BCUT2D eigenvalue weighted by molar-refractivity contribution is -0.141. The summed E-state index contributed by atoms with van der Waals surface area (Å²) >= 11 is 0. The molecule has 1 amide bonds. The molecular weight excluding hydrogens is 254 g/mol. The second-order valence-electron chi connectivity index (χ2n) is 7.17. The Morgan fingerprint density at radius 2 is 1.55 bits per heavy atom. The third kappa shape index (κ3) is 2.57. The van der Waals surface area contributed by atoms with Gasteiger partial charge in [-0.1, -0.05) is 0 Å². The second kappa shape index (κ2) is 5.38. The number of carbonyl (C=O) groups is 2. The maximum absolute atomic E-state index is 12.3. The topological polar surface area (TPSA) is 57.6 Å². The molecular formula is C16H25NO3. The number of rotatable bonds is 5. The maximum atomic E-state index is 12.3. The Labute approximate surface area is 120 Å². The SMILES string of the molecule is CN(C(=O)CCCC(=O)O)C1C2CC3CC(C2)CC1C3. The van der Waals surface area contributed by atoms with Crippen molar-refractivity contribution in [1.29, 1.82) is 0 Å². The van der Waals surface area contributed by atoms with Crippen molar-refractivity contribution < 1.29 is 14.7 Å². The molecule has 0 aromatic carbocycles. The Kier molecular flexibility index (Phi) is 3.74. The number of carbonyl (C=O) groups excluding carboxylic acids is 1. The normalized spacial score (nSPS) is 38.0. The van der Waals surface area contributed by atoms with Crippen LogP contribution in [0.2, 0.25) is 0 Å². The molecule has 1 N–H and O–H groups in total. The minimum atomic E-state index is -0.810. The number of carboxylic acids is 1. The minimum Gasteiger partial charge on any atom is -0.481 e. The van der Waals surface area contributed by atoms with Crippen LogP contribution in [0.25, 0.3) is 0 Å². The Balaban J connectivity index is 1.58. The Morgan fingerprint density at radius 3 is 2.05 bits per heavy atom. The summed E-state index contributed by atoms with van der Waals surface area (Å²) in [7, 11) is 1.94. The van der Waals surface area contributed by atoms with Crippen LogP contribution in [0, 0.1) is 23.7 Å². The fourth-order valence-electron chi connectivity index (χ4n) is 5.26. The number of hydrogen-bond donors (Lipinski definition) is 1. The molecule has 0 radical (unpaired) electrons. The molecule has 112 valence electrons. The number of aliphatic carboxylic acids is 1. The van der Waals surface area contributed by atoms with Crippen molar-refractivity contribution >= 4 is 11.9 Å². The van der Waals surface area contributed by atoms with Gasteiger partial charge in [0.15, 0.2) is 0 Å². The molecule has 0 aromatic heterocycles. The van der Waals surface area contributed by atoms with Crippen molar-refractivity contribution in [3.8, 4) is 0 Å². The third-order valence-corrected chi connectivity index (χ3v) is 5.80. The first-order valence-electron chi connectivity index (χ1n) is 8.02. The molecule has 4 aliphatic carbocycles. The summed E-state index contributed by atoms with van der Waals surface area (Å²) in [6.45, 7) is 0. The van der Waals surface area contributed by atoms with E-state index in [2.05, 4.69) is 0 Å². The zero-order valence-corrected chi connectivity index (χ0v) is 12.3. The van der Waals surface area contributed by atoms with Gasteiger partial charge in [0, 0.05) is 25.9 Å². The number of amides is 1. The lowest BCUT2D eigenvalue weighted by atomic mass is 9.54. The minimum absolute atomic E-state index is 0.0985. The van der Waals surface area contributed by atoms with Crippen molar-refractivity contribution in [1.82, 2.24) is 4.90 Å². The number of carboxylic acid groups (broad SMARTS) is 1. The van der Waals surface area contributed by atoms with Gasteiger partial charge in [-0.3, -0.25) is 9.59 Å². The van der Waals surface area contributed by atoms with Gasteiger partial charge in [0.1, 0.15) is 0 Å². The number of hydrogen-bond acceptors (Lipinski definition) is 2. The summed E-state index contributed by atoms with van der Waals surface area (Å²) in [5.41, 5.74) is 0. The molecule has 4 bridgehead atoms. The highest BCUT2D eigenvalue weighted by molar-refractivity contribution is 5.77. The monoisotopic (exact) mass is 279 g/mol. The van der Waals surface area contributed by atoms with E-state index in [-0.39, 0.29) is 12.3 Å². The van der Waals surface area contributed by atoms with Crippen LogP contribution >= 0.6 is 0 Å². The average Bonchev–Trinajstić information content (AvgIpc) is 2.36. The van der Waals surface area contributed by atoms with Gasteiger partial charge < -0.3 is 10.0 Å². The van der Waals surface area contributed by atoms with Crippen LogP contribution in [0.1, 0.15) is 51.4 Å². The van der Waals surface area contributed by atoms with E-state index in [9.17, 15) is 9.59 Å². The molecule has 4 nitrogen and oxygen atoms in total. The highest BCUT2D eigenvalue weighted by Crippen LogP contribution is 2.54. The van der Waals surface area contributed by atoms with Crippen LogP contribution in [0.3, 0.4) is 0 Å². The summed E-state index contributed by atoms with van der Waals surface area (Å²) < 4.78 is 0. The molecule has 4 saturated carbocycles. The molecule has 4 rings (SSSR count). The summed E-state index contributed by atoms with van der Waals surface area (Å²) in [4.78, 5) is 24.8. The van der Waals surface area contributed by atoms with Gasteiger partial charge in [0.25, 0.3) is 0 Å². The lowest BCUT2D eigenvalue weighted by Crippen LogP contribution is -2.56. The molecule has 0 atom stereocenters. The molecule has 0 aliphatic heterocycles. The zero-order valence-electron chi connectivity index (χ0n) is 12.3. The number of nitrogens with zero attached hydrogens (tertiary/aromatic N) is 1. The smallest absolute Gasteiger partial charge is 0.303 e. The van der Waals surface area contributed by atoms with Crippen molar-refractivity contribution in [2.75, 3.05) is 7.05 Å². The van der Waals surface area contributed by atoms with Gasteiger partial charge in [-0.05, 0) is 62.2 Å². The van der Waals surface area contributed by atoms with Crippen LogP contribution < -0.4 is 0 Å². The van der Waals surface area contributed by atoms with Gasteiger partial charge in [0.2, 0.25) is 5.91 Å². The van der Waals surface area contributed by atoms with Crippen molar-refractivity contribution in [2.24, 2.45) is 23.7 Å². The predicted molar refractivity (Wildman–Crippen MR) is 75.1 cm³/mol. The van der Waals surface area contributed by atoms with Crippen LogP contribution in [-0.4, -0.2) is 35.0 Å². The van der Waals surface area contributed by atoms with Crippen LogP contribution in [0.5, 0.6) is 0 Å². The van der Waals surface area contributed by atoms with E-state index in [1.807, 2.05) is 11.9 Å². The van der Waals surface area contributed by atoms with E-state index in [4.69, 9.17) is 5.11 Å². The molecule has 4 aliphatic rings. The second-order valence-corrected chi connectivity index (χ2v) is 7.17. The Morgan fingerprint density at radius 1 is 1.00 bits per heavy atom. The van der Waals surface area contributed by atoms with Crippen LogP contribution in [0.4, 0.5) is 0 Å². The molecule has 4 fully saturated rings. The molecule has 4 heteroatoms. The quantitative estimate of drug-likeness (QED) is 0.841. The van der Waals surface area contributed by atoms with Gasteiger partial charge >= 0.3 is 5.97 Å². The Hall–Kier alpha value is -1.06. The molecule has 0 spiro atoms. The van der Waals surface area contributed by atoms with E-state index in [1.165, 1.54) is 32.1 Å². The predicted octanol–water partition coefficient (Wildman–Crippen LogP) is 2.52. The first-order valence-corrected chi connectivity index (χ1v) is 8.02. The summed E-state index contributed by atoms with van der Waals surface area (Å²) in [6, 6.07) is 0.431. The van der Waals surface area contributed by atoms with E-state index >= 15 is 0 Å². The van der Waals surface area contributed by atoms with Crippen LogP contribution in [-0.2, 0) is 9.59 Å². The zero-order chi connectivity index (χ0) is 14.3. The summed E-state index contributed by atoms with van der Waals surface area (Å²) in [5.74, 6) is 2.59. The Bertz CT molecular complexity index is 379. The lowest BCUT2D eigenvalue weighted by Gasteiger charge is -2.56. The maximum Gasteiger partial charge on any atom is 0.303 e. The van der Waals surface area contributed by atoms with E-state index < -0.39 is 5.97 Å². The highest BCUT2D eigenvalue weighted by atomic mass is 16.4. The summed E-state index contributed by atoms with van der Waals surface area (Å²) in [6.07, 6.45) is 7.61. The van der Waals surface area contributed by atoms with Gasteiger partial charge in [-0.2, -0.15) is 0 Å². The van der Waals surface area contributed by atoms with E-state index in [0.717, 1.165) is 11.8 Å². The first-order chi connectivity index (χ1) is 9.54. The fraction of sp³-hybridized carbons (Fsp3) is 0.875. The van der Waals surface area contributed by atoms with Gasteiger partial charge in [-0.15, -0.1) is 0 Å². The highest BCUT2D eigenvalue weighted by Gasteiger charge is 2.50. The van der Waals surface area contributed by atoms with Crippen LogP contribution in [0.15, 0.2) is 0 Å². The van der Waals surface area contributed by atoms with E-state index in [1.54, 1.807) is 0 Å². The molecule has 0 unspecified atom stereocenters. The van der Waals surface area contributed by atoms with Crippen molar-refractivity contribution in [3.63, 3.8) is 0 Å².